The number of carbonyl (C=O) groups is 1. The zero-order valence-corrected chi connectivity index (χ0v) is 17.0. The minimum Gasteiger partial charge on any atom is -0.497 e. The van der Waals surface area contributed by atoms with Crippen LogP contribution in [0.4, 0.5) is 4.79 Å². The number of ether oxygens (including phenoxy) is 2. The number of benzene rings is 2. The Labute approximate surface area is 172 Å². The number of rotatable bonds is 2. The van der Waals surface area contributed by atoms with Crippen molar-refractivity contribution >= 4 is 6.03 Å². The lowest BCUT2D eigenvalue weighted by Gasteiger charge is -2.52. The molecule has 5 rings (SSSR count). The summed E-state index contributed by atoms with van der Waals surface area (Å²) in [5.41, 5.74) is 4.00. The van der Waals surface area contributed by atoms with Gasteiger partial charge in [0.1, 0.15) is 5.75 Å². The fraction of sp³-hybridized carbons (Fsp3) is 0.458. The number of likely N-dealkylation sites (tertiary alicyclic amines) is 1. The zero-order valence-electron chi connectivity index (χ0n) is 17.0. The van der Waals surface area contributed by atoms with Gasteiger partial charge in [0.25, 0.3) is 0 Å². The van der Waals surface area contributed by atoms with E-state index < -0.39 is 0 Å². The third-order valence-electron chi connectivity index (χ3n) is 6.95. The molecular weight excluding hydrogens is 364 g/mol. The molecule has 0 saturated carbocycles. The predicted molar refractivity (Wildman–Crippen MR) is 111 cm³/mol. The van der Waals surface area contributed by atoms with E-state index in [0.29, 0.717) is 26.3 Å². The van der Waals surface area contributed by atoms with Gasteiger partial charge < -0.3 is 19.3 Å². The Kier molecular flexibility index (Phi) is 4.70. The van der Waals surface area contributed by atoms with Gasteiger partial charge in [-0.2, -0.15) is 0 Å². The first-order chi connectivity index (χ1) is 14.2. The van der Waals surface area contributed by atoms with Crippen LogP contribution in [0.15, 0.2) is 48.5 Å². The van der Waals surface area contributed by atoms with Crippen LogP contribution in [0, 0.1) is 0 Å². The first-order valence-corrected chi connectivity index (χ1v) is 10.6. The highest BCUT2D eigenvalue weighted by Crippen LogP contribution is 2.50. The van der Waals surface area contributed by atoms with E-state index in [2.05, 4.69) is 47.4 Å². The number of nitrogens with zero attached hydrogens (tertiary/aromatic N) is 2. The van der Waals surface area contributed by atoms with Crippen molar-refractivity contribution in [1.82, 2.24) is 9.80 Å². The first-order valence-electron chi connectivity index (χ1n) is 10.6. The van der Waals surface area contributed by atoms with E-state index in [1.165, 1.54) is 16.7 Å². The van der Waals surface area contributed by atoms with Crippen LogP contribution in [-0.2, 0) is 16.6 Å². The number of piperidine rings is 1. The maximum atomic E-state index is 13.3. The van der Waals surface area contributed by atoms with E-state index in [0.717, 1.165) is 31.6 Å². The van der Waals surface area contributed by atoms with Crippen LogP contribution < -0.4 is 4.74 Å². The lowest BCUT2D eigenvalue weighted by Crippen LogP contribution is -2.59. The molecule has 2 aromatic rings. The third-order valence-corrected chi connectivity index (χ3v) is 6.95. The Morgan fingerprint density at radius 2 is 1.90 bits per heavy atom. The molecule has 0 radical (unpaired) electrons. The summed E-state index contributed by atoms with van der Waals surface area (Å²) < 4.78 is 11.0. The topological polar surface area (TPSA) is 42.0 Å². The van der Waals surface area contributed by atoms with Gasteiger partial charge in [-0.15, -0.1) is 0 Å². The zero-order chi connectivity index (χ0) is 19.8. The Balaban J connectivity index is 1.53. The Hall–Kier alpha value is -2.53. The first kappa shape index (κ1) is 18.5. The lowest BCUT2D eigenvalue weighted by atomic mass is 9.60. The van der Waals surface area contributed by atoms with Gasteiger partial charge in [0.05, 0.1) is 20.3 Å². The molecule has 152 valence electrons. The van der Waals surface area contributed by atoms with Crippen LogP contribution in [0.1, 0.15) is 29.5 Å². The summed E-state index contributed by atoms with van der Waals surface area (Å²) >= 11 is 0. The minimum absolute atomic E-state index is 0.0597. The molecule has 0 spiro atoms. The SMILES string of the molecule is COc1ccc2c(c1)C1(c3ccccc3)CCN(C(=O)N3CCOCC3)C(C2)C1. The van der Waals surface area contributed by atoms with Crippen molar-refractivity contribution in [3.05, 3.63) is 65.2 Å². The average molecular weight is 392 g/mol. The summed E-state index contributed by atoms with van der Waals surface area (Å²) in [5, 5.41) is 0. The third kappa shape index (κ3) is 3.08. The second kappa shape index (κ2) is 7.38. The highest BCUT2D eigenvalue weighted by Gasteiger charge is 2.48. The van der Waals surface area contributed by atoms with Gasteiger partial charge in [-0.05, 0) is 48.1 Å². The highest BCUT2D eigenvalue weighted by molar-refractivity contribution is 5.75. The predicted octanol–water partition coefficient (Wildman–Crippen LogP) is 3.45. The number of hydrogen-bond donors (Lipinski definition) is 0. The van der Waals surface area contributed by atoms with Crippen LogP contribution in [0.3, 0.4) is 0 Å². The molecule has 2 atom stereocenters. The maximum absolute atomic E-state index is 13.3. The molecule has 2 fully saturated rings. The molecule has 29 heavy (non-hydrogen) atoms. The van der Waals surface area contributed by atoms with Crippen molar-refractivity contribution in [1.29, 1.82) is 0 Å². The average Bonchev–Trinajstić information content (AvgIpc) is 2.80. The normalized spacial score (nSPS) is 26.0. The molecule has 2 saturated heterocycles. The maximum Gasteiger partial charge on any atom is 0.320 e. The molecule has 5 heteroatoms. The van der Waals surface area contributed by atoms with E-state index in [9.17, 15) is 4.79 Å². The van der Waals surface area contributed by atoms with Crippen molar-refractivity contribution in [3.8, 4) is 5.75 Å². The van der Waals surface area contributed by atoms with Crippen LogP contribution in [0.25, 0.3) is 0 Å². The van der Waals surface area contributed by atoms with Crippen LogP contribution in [-0.4, -0.2) is 61.8 Å². The van der Waals surface area contributed by atoms with Gasteiger partial charge in [0.15, 0.2) is 0 Å². The van der Waals surface area contributed by atoms with Crippen molar-refractivity contribution in [2.45, 2.75) is 30.7 Å². The monoisotopic (exact) mass is 392 g/mol. The Morgan fingerprint density at radius 3 is 2.66 bits per heavy atom. The molecule has 2 heterocycles. The summed E-state index contributed by atoms with van der Waals surface area (Å²) in [4.78, 5) is 17.4. The van der Waals surface area contributed by atoms with E-state index in [-0.39, 0.29) is 17.5 Å². The number of methoxy groups -OCH3 is 1. The minimum atomic E-state index is -0.0597. The standard InChI is InChI=1S/C24H28N2O3/c1-28-21-8-7-18-15-20-17-24(22(18)16-21,19-5-3-2-4-6-19)9-10-26(20)23(27)25-11-13-29-14-12-25/h2-8,16,20H,9-15,17H2,1H3. The molecule has 0 N–H and O–H groups in total. The van der Waals surface area contributed by atoms with Gasteiger partial charge >= 0.3 is 6.03 Å². The molecule has 3 aliphatic rings. The van der Waals surface area contributed by atoms with Crippen molar-refractivity contribution in [2.24, 2.45) is 0 Å². The smallest absolute Gasteiger partial charge is 0.320 e. The molecule has 5 nitrogen and oxygen atoms in total. The molecule has 1 aliphatic carbocycles. The molecule has 2 bridgehead atoms. The molecule has 2 amide bonds. The summed E-state index contributed by atoms with van der Waals surface area (Å²) in [6, 6.07) is 17.7. The molecule has 2 aliphatic heterocycles. The van der Waals surface area contributed by atoms with Gasteiger partial charge in [-0.3, -0.25) is 0 Å². The van der Waals surface area contributed by atoms with E-state index in [1.54, 1.807) is 7.11 Å². The number of urea groups is 1. The Bertz CT molecular complexity index is 894. The summed E-state index contributed by atoms with van der Waals surface area (Å²) in [6.45, 7) is 3.45. The molecular formula is C24H28N2O3. The number of fused-ring (bicyclic) bond motifs is 4. The fourth-order valence-corrected chi connectivity index (χ4v) is 5.46. The summed E-state index contributed by atoms with van der Waals surface area (Å²) in [6.07, 6.45) is 2.81. The highest BCUT2D eigenvalue weighted by atomic mass is 16.5. The second-order valence-electron chi connectivity index (χ2n) is 8.36. The second-order valence-corrected chi connectivity index (χ2v) is 8.36. The number of carbonyl (C=O) groups excluding carboxylic acids is 1. The van der Waals surface area contributed by atoms with Crippen LogP contribution in [0.2, 0.25) is 0 Å². The molecule has 0 aromatic heterocycles. The fourth-order valence-electron chi connectivity index (χ4n) is 5.46. The van der Waals surface area contributed by atoms with Crippen molar-refractivity contribution in [3.63, 3.8) is 0 Å². The van der Waals surface area contributed by atoms with Gasteiger partial charge in [0, 0.05) is 31.1 Å². The van der Waals surface area contributed by atoms with Crippen molar-refractivity contribution < 1.29 is 14.3 Å². The summed E-state index contributed by atoms with van der Waals surface area (Å²) in [7, 11) is 1.73. The largest absolute Gasteiger partial charge is 0.497 e. The molecule has 2 unspecified atom stereocenters. The molecule has 2 aromatic carbocycles. The lowest BCUT2D eigenvalue weighted by molar-refractivity contribution is 0.0300. The van der Waals surface area contributed by atoms with E-state index >= 15 is 0 Å². The van der Waals surface area contributed by atoms with Gasteiger partial charge in [-0.25, -0.2) is 4.79 Å². The number of amides is 2. The van der Waals surface area contributed by atoms with Gasteiger partial charge in [-0.1, -0.05) is 36.4 Å². The van der Waals surface area contributed by atoms with Gasteiger partial charge in [0.2, 0.25) is 0 Å². The van der Waals surface area contributed by atoms with E-state index in [1.807, 2.05) is 11.0 Å². The summed E-state index contributed by atoms with van der Waals surface area (Å²) in [5.74, 6) is 0.907. The van der Waals surface area contributed by atoms with Crippen molar-refractivity contribution in [2.75, 3.05) is 40.0 Å². The van der Waals surface area contributed by atoms with E-state index in [4.69, 9.17) is 9.47 Å². The Morgan fingerprint density at radius 1 is 1.10 bits per heavy atom. The number of hydrogen-bond acceptors (Lipinski definition) is 3. The van der Waals surface area contributed by atoms with Crippen LogP contribution >= 0.6 is 0 Å². The van der Waals surface area contributed by atoms with Crippen LogP contribution in [0.5, 0.6) is 5.75 Å². The number of morpholine rings is 1. The quantitative estimate of drug-likeness (QED) is 0.786.